The van der Waals surface area contributed by atoms with Crippen LogP contribution in [0, 0.1) is 0 Å². The predicted molar refractivity (Wildman–Crippen MR) is 50.3 cm³/mol. The Balaban J connectivity index is 2.21. The monoisotopic (exact) mass is 186 g/mol. The fraction of sp³-hybridized carbons (Fsp3) is 0.889. The van der Waals surface area contributed by atoms with E-state index in [9.17, 15) is 4.79 Å². The zero-order valence-corrected chi connectivity index (χ0v) is 8.30. The number of hydrogen-bond acceptors (Lipinski definition) is 3. The number of nitrogens with one attached hydrogen (secondary N) is 1. The Bertz CT molecular complexity index is 190. The summed E-state index contributed by atoms with van der Waals surface area (Å²) in [7, 11) is 1.60. The Hall–Kier alpha value is -0.610. The quantitative estimate of drug-likeness (QED) is 0.636. The molecule has 1 fully saturated rings. The first kappa shape index (κ1) is 10.5. The fourth-order valence-electron chi connectivity index (χ4n) is 1.08. The first-order chi connectivity index (χ1) is 6.07. The van der Waals surface area contributed by atoms with Crippen molar-refractivity contribution in [1.82, 2.24) is 5.32 Å². The van der Waals surface area contributed by atoms with Crippen molar-refractivity contribution >= 4 is 5.91 Å². The molecule has 1 aliphatic rings. The molecule has 1 atom stereocenters. The van der Waals surface area contributed by atoms with Crippen LogP contribution in [-0.2, 0) is 9.53 Å². The molecule has 1 unspecified atom stereocenters. The van der Waals surface area contributed by atoms with E-state index in [1.165, 1.54) is 0 Å². The van der Waals surface area contributed by atoms with Gasteiger partial charge in [0.2, 0.25) is 5.91 Å². The van der Waals surface area contributed by atoms with Crippen LogP contribution in [0.1, 0.15) is 26.2 Å². The van der Waals surface area contributed by atoms with Crippen molar-refractivity contribution in [2.75, 3.05) is 13.7 Å². The van der Waals surface area contributed by atoms with Crippen LogP contribution in [0.4, 0.5) is 0 Å². The van der Waals surface area contributed by atoms with E-state index in [0.29, 0.717) is 13.0 Å². The van der Waals surface area contributed by atoms with Gasteiger partial charge in [-0.05, 0) is 26.2 Å². The Morgan fingerprint density at radius 1 is 1.69 bits per heavy atom. The average Bonchev–Trinajstić information content (AvgIpc) is 2.79. The van der Waals surface area contributed by atoms with Crippen molar-refractivity contribution in [3.63, 3.8) is 0 Å². The topological polar surface area (TPSA) is 64.3 Å². The zero-order chi connectivity index (χ0) is 9.90. The molecule has 0 aromatic rings. The van der Waals surface area contributed by atoms with E-state index in [1.807, 2.05) is 6.92 Å². The molecule has 4 heteroatoms. The molecule has 3 N–H and O–H groups in total. The molecule has 0 radical (unpaired) electrons. The molecule has 13 heavy (non-hydrogen) atoms. The van der Waals surface area contributed by atoms with Crippen LogP contribution < -0.4 is 11.1 Å². The summed E-state index contributed by atoms with van der Waals surface area (Å²) >= 11 is 0. The lowest BCUT2D eigenvalue weighted by Gasteiger charge is -2.15. The lowest BCUT2D eigenvalue weighted by Crippen LogP contribution is -2.45. The molecule has 0 aromatic carbocycles. The minimum absolute atomic E-state index is 0.0295. The zero-order valence-electron chi connectivity index (χ0n) is 8.30. The second kappa shape index (κ2) is 4.07. The van der Waals surface area contributed by atoms with Gasteiger partial charge in [0, 0.05) is 19.3 Å². The minimum atomic E-state index is -0.433. The highest BCUT2D eigenvalue weighted by Gasteiger charge is 2.39. The van der Waals surface area contributed by atoms with Gasteiger partial charge in [-0.1, -0.05) is 0 Å². The van der Waals surface area contributed by atoms with E-state index in [-0.39, 0.29) is 11.4 Å². The molecule has 76 valence electrons. The van der Waals surface area contributed by atoms with E-state index >= 15 is 0 Å². The van der Waals surface area contributed by atoms with Gasteiger partial charge in [-0.3, -0.25) is 4.79 Å². The maximum atomic E-state index is 11.4. The van der Waals surface area contributed by atoms with E-state index < -0.39 is 6.04 Å². The Morgan fingerprint density at radius 3 is 2.77 bits per heavy atom. The van der Waals surface area contributed by atoms with Gasteiger partial charge in [0.15, 0.2) is 0 Å². The van der Waals surface area contributed by atoms with Crippen LogP contribution in [0.2, 0.25) is 0 Å². The van der Waals surface area contributed by atoms with Gasteiger partial charge >= 0.3 is 0 Å². The molecular formula is C9H18N2O2. The lowest BCUT2D eigenvalue weighted by molar-refractivity contribution is -0.123. The van der Waals surface area contributed by atoms with Gasteiger partial charge in [0.05, 0.1) is 6.04 Å². The largest absolute Gasteiger partial charge is 0.385 e. The van der Waals surface area contributed by atoms with E-state index in [1.54, 1.807) is 7.11 Å². The fourth-order valence-corrected chi connectivity index (χ4v) is 1.08. The molecule has 0 aliphatic heterocycles. The first-order valence-corrected chi connectivity index (χ1v) is 4.64. The number of hydrogen-bond donors (Lipinski definition) is 2. The van der Waals surface area contributed by atoms with Crippen molar-refractivity contribution < 1.29 is 9.53 Å². The molecule has 1 saturated carbocycles. The highest BCUT2D eigenvalue weighted by Crippen LogP contribution is 2.34. The molecule has 0 saturated heterocycles. The standard InChI is InChI=1S/C9H18N2O2/c1-9(4-5-9)11-8(12)7(10)3-6-13-2/h7H,3-6,10H2,1-2H3,(H,11,12). The third-order valence-corrected chi connectivity index (χ3v) is 2.39. The van der Waals surface area contributed by atoms with Crippen molar-refractivity contribution in [3.8, 4) is 0 Å². The van der Waals surface area contributed by atoms with Crippen molar-refractivity contribution in [3.05, 3.63) is 0 Å². The third-order valence-electron chi connectivity index (χ3n) is 2.39. The van der Waals surface area contributed by atoms with E-state index in [2.05, 4.69) is 5.32 Å². The highest BCUT2D eigenvalue weighted by atomic mass is 16.5. The number of methoxy groups -OCH3 is 1. The van der Waals surface area contributed by atoms with Crippen LogP contribution in [-0.4, -0.2) is 31.2 Å². The lowest BCUT2D eigenvalue weighted by atomic mass is 10.2. The van der Waals surface area contributed by atoms with Crippen LogP contribution in [0.25, 0.3) is 0 Å². The Kier molecular flexibility index (Phi) is 3.27. The summed E-state index contributed by atoms with van der Waals surface area (Å²) in [6.07, 6.45) is 2.71. The Morgan fingerprint density at radius 2 is 2.31 bits per heavy atom. The summed E-state index contributed by atoms with van der Waals surface area (Å²) in [6, 6.07) is -0.433. The van der Waals surface area contributed by atoms with E-state index in [4.69, 9.17) is 10.5 Å². The predicted octanol–water partition coefficient (Wildman–Crippen LogP) is 0.0189. The van der Waals surface area contributed by atoms with Gasteiger partial charge in [-0.15, -0.1) is 0 Å². The summed E-state index contributed by atoms with van der Waals surface area (Å²) in [5.41, 5.74) is 5.68. The molecule has 1 amide bonds. The first-order valence-electron chi connectivity index (χ1n) is 4.64. The van der Waals surface area contributed by atoms with Gasteiger partial charge < -0.3 is 15.8 Å². The van der Waals surface area contributed by atoms with Crippen LogP contribution in [0.15, 0.2) is 0 Å². The van der Waals surface area contributed by atoms with Gasteiger partial charge in [-0.25, -0.2) is 0 Å². The maximum Gasteiger partial charge on any atom is 0.237 e. The minimum Gasteiger partial charge on any atom is -0.385 e. The number of rotatable bonds is 5. The van der Waals surface area contributed by atoms with E-state index in [0.717, 1.165) is 12.8 Å². The average molecular weight is 186 g/mol. The van der Waals surface area contributed by atoms with Crippen LogP contribution in [0.3, 0.4) is 0 Å². The maximum absolute atomic E-state index is 11.4. The molecule has 0 bridgehead atoms. The van der Waals surface area contributed by atoms with Gasteiger partial charge in [-0.2, -0.15) is 0 Å². The SMILES string of the molecule is COCCC(N)C(=O)NC1(C)CC1. The summed E-state index contributed by atoms with van der Waals surface area (Å²) < 4.78 is 4.85. The second-order valence-corrected chi connectivity index (χ2v) is 3.94. The summed E-state index contributed by atoms with van der Waals surface area (Å²) in [5, 5.41) is 2.92. The molecular weight excluding hydrogens is 168 g/mol. The van der Waals surface area contributed by atoms with Crippen molar-refractivity contribution in [1.29, 1.82) is 0 Å². The number of amides is 1. The molecule has 1 aliphatic carbocycles. The van der Waals surface area contributed by atoms with Crippen LogP contribution in [0.5, 0.6) is 0 Å². The molecule has 1 rings (SSSR count). The Labute approximate surface area is 78.8 Å². The highest BCUT2D eigenvalue weighted by molar-refractivity contribution is 5.82. The molecule has 4 nitrogen and oxygen atoms in total. The molecule has 0 heterocycles. The summed E-state index contributed by atoms with van der Waals surface area (Å²) in [5.74, 6) is -0.0583. The number of carbonyl (C=O) groups is 1. The van der Waals surface area contributed by atoms with Gasteiger partial charge in [0.25, 0.3) is 0 Å². The van der Waals surface area contributed by atoms with Crippen molar-refractivity contribution in [2.24, 2.45) is 5.73 Å². The van der Waals surface area contributed by atoms with Gasteiger partial charge in [0.1, 0.15) is 0 Å². The number of carbonyl (C=O) groups excluding carboxylic acids is 1. The van der Waals surface area contributed by atoms with Crippen LogP contribution >= 0.6 is 0 Å². The molecule has 0 aromatic heterocycles. The third kappa shape index (κ3) is 3.32. The smallest absolute Gasteiger partial charge is 0.237 e. The van der Waals surface area contributed by atoms with Crippen molar-refractivity contribution in [2.45, 2.75) is 37.8 Å². The molecule has 0 spiro atoms. The summed E-state index contributed by atoms with van der Waals surface area (Å²) in [6.45, 7) is 2.57. The normalized spacial score (nSPS) is 20.8. The number of ether oxygens (including phenoxy) is 1. The second-order valence-electron chi connectivity index (χ2n) is 3.94. The summed E-state index contributed by atoms with van der Waals surface area (Å²) in [4.78, 5) is 11.4. The number of nitrogens with two attached hydrogens (primary N) is 1.